The molecule has 94 valence electrons. The zero-order valence-electron chi connectivity index (χ0n) is 10.0. The number of nitriles is 1. The maximum absolute atomic E-state index is 12.1. The minimum Gasteiger partial charge on any atom is -0.325 e. The lowest BCUT2D eigenvalue weighted by molar-refractivity contribution is -0.120. The zero-order valence-corrected chi connectivity index (χ0v) is 11.6. The van der Waals surface area contributed by atoms with E-state index in [0.29, 0.717) is 23.7 Å². The molecule has 5 heteroatoms. The molecule has 1 saturated heterocycles. The number of carbonyl (C=O) groups excluding carboxylic acids is 1. The van der Waals surface area contributed by atoms with Gasteiger partial charge in [-0.15, -0.1) is 0 Å². The van der Waals surface area contributed by atoms with Gasteiger partial charge in [0.05, 0.1) is 17.2 Å². The molecule has 0 aliphatic carbocycles. The lowest BCUT2D eigenvalue weighted by Crippen LogP contribution is -2.28. The minimum atomic E-state index is -0.0276. The highest BCUT2D eigenvalue weighted by Crippen LogP contribution is 2.23. The summed E-state index contributed by atoms with van der Waals surface area (Å²) in [5, 5.41) is 15.1. The average molecular weight is 308 g/mol. The van der Waals surface area contributed by atoms with Crippen molar-refractivity contribution in [3.05, 3.63) is 28.2 Å². The topological polar surface area (TPSA) is 64.9 Å². The molecule has 1 aromatic carbocycles. The van der Waals surface area contributed by atoms with Crippen molar-refractivity contribution in [1.82, 2.24) is 5.32 Å². The van der Waals surface area contributed by atoms with Crippen LogP contribution in [0.25, 0.3) is 0 Å². The van der Waals surface area contributed by atoms with Crippen LogP contribution < -0.4 is 10.6 Å². The Bertz CT molecular complexity index is 509. The van der Waals surface area contributed by atoms with Gasteiger partial charge in [-0.1, -0.05) is 22.9 Å². The van der Waals surface area contributed by atoms with Crippen molar-refractivity contribution in [1.29, 1.82) is 5.26 Å². The van der Waals surface area contributed by atoms with E-state index in [2.05, 4.69) is 39.6 Å². The monoisotopic (exact) mass is 307 g/mol. The molecule has 2 N–H and O–H groups in total. The second-order valence-corrected chi connectivity index (χ2v) is 5.45. The van der Waals surface area contributed by atoms with Gasteiger partial charge >= 0.3 is 0 Å². The number of amides is 1. The van der Waals surface area contributed by atoms with Crippen LogP contribution in [0.3, 0.4) is 0 Å². The first kappa shape index (κ1) is 13.1. The van der Waals surface area contributed by atoms with Gasteiger partial charge < -0.3 is 10.6 Å². The molecule has 0 spiro atoms. The summed E-state index contributed by atoms with van der Waals surface area (Å²) < 4.78 is 0.827. The van der Waals surface area contributed by atoms with E-state index >= 15 is 0 Å². The molecule has 1 aromatic rings. The van der Waals surface area contributed by atoms with Gasteiger partial charge in [-0.2, -0.15) is 5.26 Å². The Morgan fingerprint density at radius 3 is 2.94 bits per heavy atom. The van der Waals surface area contributed by atoms with Crippen LogP contribution in [-0.2, 0) is 4.79 Å². The fourth-order valence-electron chi connectivity index (χ4n) is 2.10. The molecule has 0 bridgehead atoms. The molecule has 0 saturated carbocycles. The number of anilines is 1. The van der Waals surface area contributed by atoms with E-state index in [9.17, 15) is 4.79 Å². The van der Waals surface area contributed by atoms with Crippen molar-refractivity contribution in [2.45, 2.75) is 6.92 Å². The van der Waals surface area contributed by atoms with Crippen LogP contribution in [0, 0.1) is 23.2 Å². The molecule has 18 heavy (non-hydrogen) atoms. The molecule has 2 rings (SSSR count). The van der Waals surface area contributed by atoms with Crippen molar-refractivity contribution in [2.24, 2.45) is 11.8 Å². The van der Waals surface area contributed by atoms with Crippen LogP contribution in [0.1, 0.15) is 12.5 Å². The second-order valence-electron chi connectivity index (χ2n) is 4.53. The molecule has 0 radical (unpaired) electrons. The van der Waals surface area contributed by atoms with Crippen LogP contribution >= 0.6 is 15.9 Å². The molecule has 1 aliphatic rings. The highest BCUT2D eigenvalue weighted by atomic mass is 79.9. The van der Waals surface area contributed by atoms with Gasteiger partial charge in [0.25, 0.3) is 0 Å². The van der Waals surface area contributed by atoms with Gasteiger partial charge in [0.15, 0.2) is 0 Å². The SMILES string of the molecule is C[C@@H]1CNC[C@H]1C(=O)Nc1ccc(Br)cc1C#N. The van der Waals surface area contributed by atoms with Crippen LogP contribution in [0.15, 0.2) is 22.7 Å². The largest absolute Gasteiger partial charge is 0.325 e. The molecular formula is C13H14BrN3O. The third-order valence-electron chi connectivity index (χ3n) is 3.21. The van der Waals surface area contributed by atoms with Gasteiger partial charge in [0.1, 0.15) is 6.07 Å². The number of hydrogen-bond donors (Lipinski definition) is 2. The van der Waals surface area contributed by atoms with E-state index in [-0.39, 0.29) is 11.8 Å². The highest BCUT2D eigenvalue weighted by molar-refractivity contribution is 9.10. The first-order valence-corrected chi connectivity index (χ1v) is 6.62. The third kappa shape index (κ3) is 2.71. The lowest BCUT2D eigenvalue weighted by atomic mass is 9.97. The molecule has 1 amide bonds. The van der Waals surface area contributed by atoms with Gasteiger partial charge in [0, 0.05) is 11.0 Å². The van der Waals surface area contributed by atoms with Gasteiger partial charge in [0.2, 0.25) is 5.91 Å². The summed E-state index contributed by atoms with van der Waals surface area (Å²) in [5.74, 6) is 0.275. The fraction of sp³-hybridized carbons (Fsp3) is 0.385. The summed E-state index contributed by atoms with van der Waals surface area (Å²) in [4.78, 5) is 12.1. The number of rotatable bonds is 2. The molecule has 1 heterocycles. The molecule has 1 fully saturated rings. The lowest BCUT2D eigenvalue weighted by Gasteiger charge is -2.15. The van der Waals surface area contributed by atoms with Gasteiger partial charge in [-0.3, -0.25) is 4.79 Å². The number of halogens is 1. The van der Waals surface area contributed by atoms with Crippen molar-refractivity contribution in [3.63, 3.8) is 0 Å². The first-order valence-electron chi connectivity index (χ1n) is 5.83. The molecule has 1 aliphatic heterocycles. The molecule has 0 unspecified atom stereocenters. The Labute approximate surface area is 115 Å². The zero-order chi connectivity index (χ0) is 13.1. The van der Waals surface area contributed by atoms with Crippen LogP contribution in [0.5, 0.6) is 0 Å². The number of benzene rings is 1. The standard InChI is InChI=1S/C13H14BrN3O/c1-8-6-16-7-11(8)13(18)17-12-3-2-10(14)4-9(12)5-15/h2-4,8,11,16H,6-7H2,1H3,(H,17,18)/t8-,11-/m1/s1. The fourth-order valence-corrected chi connectivity index (χ4v) is 2.47. The van der Waals surface area contributed by atoms with E-state index in [4.69, 9.17) is 5.26 Å². The Kier molecular flexibility index (Phi) is 4.00. The number of carbonyl (C=O) groups is 1. The minimum absolute atomic E-state index is 0.0219. The van der Waals surface area contributed by atoms with E-state index in [1.807, 2.05) is 6.07 Å². The van der Waals surface area contributed by atoms with Crippen molar-refractivity contribution in [3.8, 4) is 6.07 Å². The van der Waals surface area contributed by atoms with Gasteiger partial charge in [-0.05, 0) is 30.7 Å². The summed E-state index contributed by atoms with van der Waals surface area (Å²) in [6, 6.07) is 7.34. The van der Waals surface area contributed by atoms with Crippen LogP contribution in [0.2, 0.25) is 0 Å². The number of nitrogens with zero attached hydrogens (tertiary/aromatic N) is 1. The van der Waals surface area contributed by atoms with Crippen molar-refractivity contribution in [2.75, 3.05) is 18.4 Å². The Balaban J connectivity index is 2.14. The quantitative estimate of drug-likeness (QED) is 0.879. The Morgan fingerprint density at radius 1 is 1.56 bits per heavy atom. The molecule has 0 aromatic heterocycles. The summed E-state index contributed by atoms with van der Waals surface area (Å²) in [6.45, 7) is 3.62. The smallest absolute Gasteiger partial charge is 0.229 e. The Hall–Kier alpha value is -1.38. The maximum Gasteiger partial charge on any atom is 0.229 e. The van der Waals surface area contributed by atoms with Crippen molar-refractivity contribution < 1.29 is 4.79 Å². The van der Waals surface area contributed by atoms with Crippen LogP contribution in [-0.4, -0.2) is 19.0 Å². The van der Waals surface area contributed by atoms with E-state index < -0.39 is 0 Å². The number of hydrogen-bond acceptors (Lipinski definition) is 3. The van der Waals surface area contributed by atoms with E-state index in [1.54, 1.807) is 12.1 Å². The summed E-state index contributed by atoms with van der Waals surface area (Å²) in [7, 11) is 0. The summed E-state index contributed by atoms with van der Waals surface area (Å²) >= 11 is 3.31. The maximum atomic E-state index is 12.1. The number of nitrogens with one attached hydrogen (secondary N) is 2. The molecular weight excluding hydrogens is 294 g/mol. The average Bonchev–Trinajstić information content (AvgIpc) is 2.77. The summed E-state index contributed by atoms with van der Waals surface area (Å²) in [5.41, 5.74) is 1.04. The van der Waals surface area contributed by atoms with E-state index in [0.717, 1.165) is 11.0 Å². The molecule has 2 atom stereocenters. The normalized spacial score (nSPS) is 22.5. The second kappa shape index (κ2) is 5.51. The highest BCUT2D eigenvalue weighted by Gasteiger charge is 2.29. The predicted molar refractivity (Wildman–Crippen MR) is 73.0 cm³/mol. The first-order chi connectivity index (χ1) is 8.61. The van der Waals surface area contributed by atoms with Gasteiger partial charge in [-0.25, -0.2) is 0 Å². The molecule has 4 nitrogen and oxygen atoms in total. The van der Waals surface area contributed by atoms with E-state index in [1.165, 1.54) is 0 Å². The third-order valence-corrected chi connectivity index (χ3v) is 3.71. The Morgan fingerprint density at radius 2 is 2.33 bits per heavy atom. The summed E-state index contributed by atoms with van der Waals surface area (Å²) in [6.07, 6.45) is 0. The van der Waals surface area contributed by atoms with Crippen molar-refractivity contribution >= 4 is 27.5 Å². The predicted octanol–water partition coefficient (Wildman–Crippen LogP) is 2.11. The van der Waals surface area contributed by atoms with Crippen LogP contribution in [0.4, 0.5) is 5.69 Å².